The molecule has 0 aliphatic rings. The quantitative estimate of drug-likeness (QED) is 0.714. The second-order valence-corrected chi connectivity index (χ2v) is 3.19. The molecule has 0 amide bonds. The summed E-state index contributed by atoms with van der Waals surface area (Å²) >= 11 is 5.58. The van der Waals surface area contributed by atoms with Crippen molar-refractivity contribution in [3.63, 3.8) is 0 Å². The molecule has 1 aromatic rings. The van der Waals surface area contributed by atoms with E-state index in [1.807, 2.05) is 13.8 Å². The van der Waals surface area contributed by atoms with Crippen LogP contribution in [0.2, 0.25) is 0 Å². The maximum absolute atomic E-state index is 11.0. The number of nitrogens with one attached hydrogen (secondary N) is 1. The van der Waals surface area contributed by atoms with Gasteiger partial charge in [-0.05, 0) is 0 Å². The first-order valence-electron chi connectivity index (χ1n) is 3.79. The van der Waals surface area contributed by atoms with Crippen molar-refractivity contribution in [1.29, 1.82) is 0 Å². The highest BCUT2D eigenvalue weighted by molar-refractivity contribution is 6.16. The van der Waals surface area contributed by atoms with Gasteiger partial charge in [-0.2, -0.15) is 4.98 Å². The Labute approximate surface area is 75.8 Å². The summed E-state index contributed by atoms with van der Waals surface area (Å²) in [6, 6.07) is 1.42. The fraction of sp³-hybridized carbons (Fsp3) is 0.500. The maximum atomic E-state index is 11.0. The van der Waals surface area contributed by atoms with E-state index in [-0.39, 0.29) is 11.5 Å². The van der Waals surface area contributed by atoms with Crippen LogP contribution in [-0.4, -0.2) is 9.97 Å². The van der Waals surface area contributed by atoms with Gasteiger partial charge in [0.05, 0.1) is 5.88 Å². The summed E-state index contributed by atoms with van der Waals surface area (Å²) in [7, 11) is 0. The van der Waals surface area contributed by atoms with Gasteiger partial charge in [-0.3, -0.25) is 4.79 Å². The molecule has 12 heavy (non-hydrogen) atoms. The normalized spacial score (nSPS) is 10.7. The second kappa shape index (κ2) is 3.72. The average Bonchev–Trinajstić information content (AvgIpc) is 2.03. The molecule has 0 saturated carbocycles. The molecule has 0 saturated heterocycles. The van der Waals surface area contributed by atoms with Crippen LogP contribution in [0, 0.1) is 0 Å². The molecule has 1 rings (SSSR count). The van der Waals surface area contributed by atoms with Crippen molar-refractivity contribution in [3.05, 3.63) is 27.9 Å². The lowest BCUT2D eigenvalue weighted by molar-refractivity contribution is 0.756. The third-order valence-electron chi connectivity index (χ3n) is 1.51. The molecule has 0 bridgehead atoms. The minimum Gasteiger partial charge on any atom is -0.346 e. The van der Waals surface area contributed by atoms with Crippen LogP contribution in [0.1, 0.15) is 31.3 Å². The molecule has 0 radical (unpaired) electrons. The van der Waals surface area contributed by atoms with Gasteiger partial charge in [0.25, 0.3) is 5.56 Å². The van der Waals surface area contributed by atoms with Crippen LogP contribution in [0.4, 0.5) is 0 Å². The van der Waals surface area contributed by atoms with E-state index >= 15 is 0 Å². The van der Waals surface area contributed by atoms with Crippen LogP contribution in [-0.2, 0) is 5.88 Å². The van der Waals surface area contributed by atoms with Crippen molar-refractivity contribution in [2.75, 3.05) is 0 Å². The lowest BCUT2D eigenvalue weighted by Crippen LogP contribution is -2.13. The Morgan fingerprint density at radius 1 is 1.67 bits per heavy atom. The van der Waals surface area contributed by atoms with Gasteiger partial charge >= 0.3 is 0 Å². The van der Waals surface area contributed by atoms with E-state index < -0.39 is 0 Å². The van der Waals surface area contributed by atoms with Gasteiger partial charge in [0, 0.05) is 17.7 Å². The van der Waals surface area contributed by atoms with Gasteiger partial charge in [0.15, 0.2) is 0 Å². The standard InChI is InChI=1S/C8H11ClN2O/c1-5(2)8-10-6(4-9)3-7(12)11-8/h3,5H,4H2,1-2H3,(H,10,11,12). The van der Waals surface area contributed by atoms with Crippen molar-refractivity contribution in [1.82, 2.24) is 9.97 Å². The van der Waals surface area contributed by atoms with E-state index in [2.05, 4.69) is 9.97 Å². The minimum absolute atomic E-state index is 0.223. The lowest BCUT2D eigenvalue weighted by Gasteiger charge is -2.04. The van der Waals surface area contributed by atoms with Gasteiger partial charge in [0.2, 0.25) is 0 Å². The zero-order chi connectivity index (χ0) is 9.14. The van der Waals surface area contributed by atoms with E-state index in [9.17, 15) is 4.79 Å². The number of halogens is 1. The Bertz CT molecular complexity index is 319. The van der Waals surface area contributed by atoms with E-state index in [4.69, 9.17) is 11.6 Å². The Morgan fingerprint density at radius 3 is 2.83 bits per heavy atom. The molecular formula is C8H11ClN2O. The third kappa shape index (κ3) is 2.08. The van der Waals surface area contributed by atoms with Crippen LogP contribution < -0.4 is 5.56 Å². The first-order valence-corrected chi connectivity index (χ1v) is 4.33. The maximum Gasteiger partial charge on any atom is 0.273 e. The number of hydrogen-bond acceptors (Lipinski definition) is 2. The van der Waals surface area contributed by atoms with Crippen molar-refractivity contribution < 1.29 is 0 Å². The number of aromatic nitrogens is 2. The van der Waals surface area contributed by atoms with Crippen LogP contribution in [0.5, 0.6) is 0 Å². The van der Waals surface area contributed by atoms with Crippen molar-refractivity contribution in [3.8, 4) is 0 Å². The first kappa shape index (κ1) is 9.26. The van der Waals surface area contributed by atoms with E-state index in [1.54, 1.807) is 0 Å². The molecule has 0 aliphatic heterocycles. The highest BCUT2D eigenvalue weighted by Crippen LogP contribution is 2.07. The van der Waals surface area contributed by atoms with Crippen molar-refractivity contribution in [2.24, 2.45) is 0 Å². The number of nitrogens with zero attached hydrogens (tertiary/aromatic N) is 1. The molecule has 0 unspecified atom stereocenters. The van der Waals surface area contributed by atoms with Gasteiger partial charge in [-0.1, -0.05) is 13.8 Å². The molecule has 0 fully saturated rings. The topological polar surface area (TPSA) is 45.8 Å². The molecule has 1 heterocycles. The summed E-state index contributed by atoms with van der Waals surface area (Å²) in [5.74, 6) is 1.23. The molecule has 0 aliphatic carbocycles. The van der Waals surface area contributed by atoms with Crippen LogP contribution in [0.3, 0.4) is 0 Å². The van der Waals surface area contributed by atoms with Gasteiger partial charge in [-0.25, -0.2) is 0 Å². The lowest BCUT2D eigenvalue weighted by atomic mass is 10.2. The molecule has 0 spiro atoms. The predicted octanol–water partition coefficient (Wildman–Crippen LogP) is 1.63. The highest BCUT2D eigenvalue weighted by atomic mass is 35.5. The number of alkyl halides is 1. The van der Waals surface area contributed by atoms with Gasteiger partial charge in [-0.15, -0.1) is 11.6 Å². The molecular weight excluding hydrogens is 176 g/mol. The molecule has 1 aromatic heterocycles. The van der Waals surface area contributed by atoms with E-state index in [0.29, 0.717) is 11.7 Å². The third-order valence-corrected chi connectivity index (χ3v) is 1.80. The zero-order valence-electron chi connectivity index (χ0n) is 7.10. The Morgan fingerprint density at radius 2 is 2.33 bits per heavy atom. The first-order chi connectivity index (χ1) is 5.63. The Balaban J connectivity index is 3.15. The van der Waals surface area contributed by atoms with Gasteiger partial charge < -0.3 is 4.98 Å². The van der Waals surface area contributed by atoms with Crippen molar-refractivity contribution >= 4 is 11.6 Å². The molecule has 66 valence electrons. The van der Waals surface area contributed by atoms with Crippen LogP contribution in [0.25, 0.3) is 0 Å². The SMILES string of the molecule is CC(C)c1nc(=O)cc(CCl)[nH]1. The summed E-state index contributed by atoms with van der Waals surface area (Å²) in [6.45, 7) is 3.94. The van der Waals surface area contributed by atoms with E-state index in [1.165, 1.54) is 6.07 Å². The van der Waals surface area contributed by atoms with Crippen molar-refractivity contribution in [2.45, 2.75) is 25.6 Å². The smallest absolute Gasteiger partial charge is 0.273 e. The highest BCUT2D eigenvalue weighted by Gasteiger charge is 2.03. The number of hydrogen-bond donors (Lipinski definition) is 1. The summed E-state index contributed by atoms with van der Waals surface area (Å²) in [4.78, 5) is 17.8. The fourth-order valence-corrected chi connectivity index (χ4v) is 1.02. The second-order valence-electron chi connectivity index (χ2n) is 2.92. The Kier molecular flexibility index (Phi) is 2.87. The average molecular weight is 187 g/mol. The minimum atomic E-state index is -0.229. The fourth-order valence-electron chi connectivity index (χ4n) is 0.874. The molecule has 4 heteroatoms. The summed E-state index contributed by atoms with van der Waals surface area (Å²) in [5.41, 5.74) is 0.494. The van der Waals surface area contributed by atoms with Crippen LogP contribution >= 0.6 is 11.6 Å². The van der Waals surface area contributed by atoms with Crippen LogP contribution in [0.15, 0.2) is 10.9 Å². The molecule has 3 nitrogen and oxygen atoms in total. The molecule has 0 atom stereocenters. The van der Waals surface area contributed by atoms with Gasteiger partial charge in [0.1, 0.15) is 5.82 Å². The molecule has 1 N–H and O–H groups in total. The van der Waals surface area contributed by atoms with E-state index in [0.717, 1.165) is 5.69 Å². The monoisotopic (exact) mass is 186 g/mol. The number of H-pyrrole nitrogens is 1. The summed E-state index contributed by atoms with van der Waals surface area (Å²) in [5, 5.41) is 0. The zero-order valence-corrected chi connectivity index (χ0v) is 7.85. The molecule has 0 aromatic carbocycles. The largest absolute Gasteiger partial charge is 0.346 e. The Hall–Kier alpha value is -0.830. The predicted molar refractivity (Wildman–Crippen MR) is 48.5 cm³/mol. The number of rotatable bonds is 2. The summed E-state index contributed by atoms with van der Waals surface area (Å²) in [6.07, 6.45) is 0. The summed E-state index contributed by atoms with van der Waals surface area (Å²) < 4.78 is 0. The number of aromatic amines is 1.